The summed E-state index contributed by atoms with van der Waals surface area (Å²) in [6.45, 7) is 0.530. The molecule has 0 radical (unpaired) electrons. The molecule has 0 heterocycles. The van der Waals surface area contributed by atoms with E-state index in [9.17, 15) is 9.90 Å². The van der Waals surface area contributed by atoms with Gasteiger partial charge in [0.2, 0.25) is 0 Å². The lowest BCUT2D eigenvalue weighted by Gasteiger charge is -2.19. The summed E-state index contributed by atoms with van der Waals surface area (Å²) in [6.07, 6.45) is 0. The number of hydrogen-bond acceptors (Lipinski definition) is 2. The number of carbonyl (C=O) groups excluding carboxylic acids is 1. The van der Waals surface area contributed by atoms with Gasteiger partial charge in [0.1, 0.15) is 5.75 Å². The Morgan fingerprint density at radius 1 is 1.04 bits per heavy atom. The number of benzene rings is 3. The van der Waals surface area contributed by atoms with Crippen LogP contribution in [0.4, 0.5) is 10.5 Å². The van der Waals surface area contributed by atoms with Crippen LogP contribution in [0.3, 0.4) is 0 Å². The summed E-state index contributed by atoms with van der Waals surface area (Å²) >= 11 is 0. The first-order valence-corrected chi connectivity index (χ1v) is 7.41. The number of anilines is 1. The van der Waals surface area contributed by atoms with Crippen LogP contribution in [0.2, 0.25) is 0 Å². The summed E-state index contributed by atoms with van der Waals surface area (Å²) in [5.74, 6) is 0.178. The van der Waals surface area contributed by atoms with Gasteiger partial charge in [0.25, 0.3) is 0 Å². The summed E-state index contributed by atoms with van der Waals surface area (Å²) in [5, 5.41) is 14.4. The van der Waals surface area contributed by atoms with Gasteiger partial charge in [0, 0.05) is 19.0 Å². The van der Waals surface area contributed by atoms with E-state index in [2.05, 4.69) is 5.32 Å². The molecule has 0 aromatic heterocycles. The number of aromatic hydroxyl groups is 1. The smallest absolute Gasteiger partial charge is 0.321 e. The fourth-order valence-corrected chi connectivity index (χ4v) is 2.51. The molecule has 0 bridgehead atoms. The van der Waals surface area contributed by atoms with Crippen molar-refractivity contribution in [2.24, 2.45) is 0 Å². The topological polar surface area (TPSA) is 52.6 Å². The first kappa shape index (κ1) is 14.9. The van der Waals surface area contributed by atoms with E-state index >= 15 is 0 Å². The molecule has 4 heteroatoms. The molecule has 0 saturated carbocycles. The second-order valence-electron chi connectivity index (χ2n) is 5.48. The second kappa shape index (κ2) is 6.40. The number of phenols is 1. The van der Waals surface area contributed by atoms with Crippen molar-refractivity contribution < 1.29 is 9.90 Å². The van der Waals surface area contributed by atoms with Crippen LogP contribution in [-0.2, 0) is 6.54 Å². The van der Waals surface area contributed by atoms with Gasteiger partial charge in [0.05, 0.1) is 5.69 Å². The summed E-state index contributed by atoms with van der Waals surface area (Å²) in [7, 11) is 1.75. The Kier molecular flexibility index (Phi) is 4.15. The fraction of sp³-hybridized carbons (Fsp3) is 0.105. The second-order valence-corrected chi connectivity index (χ2v) is 5.48. The zero-order chi connectivity index (χ0) is 16.2. The Balaban J connectivity index is 1.79. The number of nitrogens with one attached hydrogen (secondary N) is 1. The monoisotopic (exact) mass is 306 g/mol. The Labute approximate surface area is 135 Å². The van der Waals surface area contributed by atoms with Crippen LogP contribution in [0.25, 0.3) is 10.8 Å². The van der Waals surface area contributed by atoms with Gasteiger partial charge in [0.15, 0.2) is 0 Å². The molecule has 0 saturated heterocycles. The maximum atomic E-state index is 12.4. The van der Waals surface area contributed by atoms with Crippen molar-refractivity contribution >= 4 is 22.5 Å². The molecular formula is C19H18N2O2. The van der Waals surface area contributed by atoms with E-state index in [1.54, 1.807) is 24.1 Å². The molecule has 0 aliphatic heterocycles. The quantitative estimate of drug-likeness (QED) is 0.761. The molecule has 0 unspecified atom stereocenters. The van der Waals surface area contributed by atoms with E-state index in [0.717, 1.165) is 16.3 Å². The van der Waals surface area contributed by atoms with Crippen LogP contribution < -0.4 is 5.32 Å². The third kappa shape index (κ3) is 3.43. The minimum atomic E-state index is -0.190. The number of carbonyl (C=O) groups is 1. The highest BCUT2D eigenvalue weighted by atomic mass is 16.3. The third-order valence-electron chi connectivity index (χ3n) is 3.72. The van der Waals surface area contributed by atoms with Crippen molar-refractivity contribution in [3.8, 4) is 5.75 Å². The van der Waals surface area contributed by atoms with Crippen molar-refractivity contribution in [1.82, 2.24) is 4.90 Å². The highest BCUT2D eigenvalue weighted by Crippen LogP contribution is 2.27. The molecule has 0 fully saturated rings. The average molecular weight is 306 g/mol. The van der Waals surface area contributed by atoms with E-state index in [0.29, 0.717) is 12.2 Å². The summed E-state index contributed by atoms with van der Waals surface area (Å²) in [6, 6.07) is 20.4. The van der Waals surface area contributed by atoms with Crippen molar-refractivity contribution in [2.45, 2.75) is 6.54 Å². The van der Waals surface area contributed by atoms with E-state index < -0.39 is 0 Å². The lowest BCUT2D eigenvalue weighted by molar-refractivity contribution is 0.220. The van der Waals surface area contributed by atoms with Crippen molar-refractivity contribution in [3.63, 3.8) is 0 Å². The molecule has 0 aliphatic carbocycles. The first-order chi connectivity index (χ1) is 11.1. The predicted molar refractivity (Wildman–Crippen MR) is 92.5 cm³/mol. The van der Waals surface area contributed by atoms with Gasteiger partial charge in [-0.05, 0) is 29.1 Å². The highest BCUT2D eigenvalue weighted by molar-refractivity contribution is 6.02. The number of phenolic OH excluding ortho intramolecular Hbond substituents is 1. The van der Waals surface area contributed by atoms with E-state index in [1.165, 1.54) is 0 Å². The van der Waals surface area contributed by atoms with Gasteiger partial charge in [-0.1, -0.05) is 48.5 Å². The standard InChI is InChI=1S/C19H18N2O2/c1-21(13-14-6-3-2-4-7-14)19(23)20-18-9-5-8-15-10-11-16(22)12-17(15)18/h2-12,22H,13H2,1H3,(H,20,23). The minimum Gasteiger partial charge on any atom is -0.508 e. The van der Waals surface area contributed by atoms with Crippen LogP contribution in [0, 0.1) is 0 Å². The molecule has 3 aromatic rings. The summed E-state index contributed by atoms with van der Waals surface area (Å²) < 4.78 is 0. The zero-order valence-electron chi connectivity index (χ0n) is 12.9. The number of rotatable bonds is 3. The van der Waals surface area contributed by atoms with Gasteiger partial charge >= 0.3 is 6.03 Å². The van der Waals surface area contributed by atoms with Crippen LogP contribution in [0.15, 0.2) is 66.7 Å². The number of urea groups is 1. The first-order valence-electron chi connectivity index (χ1n) is 7.41. The lowest BCUT2D eigenvalue weighted by Crippen LogP contribution is -2.30. The lowest BCUT2D eigenvalue weighted by atomic mass is 10.1. The number of hydrogen-bond donors (Lipinski definition) is 2. The van der Waals surface area contributed by atoms with Gasteiger partial charge in [-0.25, -0.2) is 4.79 Å². The Hall–Kier alpha value is -3.01. The SMILES string of the molecule is CN(Cc1ccccc1)C(=O)Nc1cccc2ccc(O)cc12. The average Bonchev–Trinajstić information content (AvgIpc) is 2.56. The minimum absolute atomic E-state index is 0.178. The number of nitrogens with zero attached hydrogens (tertiary/aromatic N) is 1. The zero-order valence-corrected chi connectivity index (χ0v) is 12.9. The Morgan fingerprint density at radius 2 is 1.83 bits per heavy atom. The number of amides is 2. The molecular weight excluding hydrogens is 288 g/mol. The largest absolute Gasteiger partial charge is 0.508 e. The summed E-state index contributed by atoms with van der Waals surface area (Å²) in [5.41, 5.74) is 1.75. The van der Waals surface area contributed by atoms with Crippen LogP contribution in [0.1, 0.15) is 5.56 Å². The van der Waals surface area contributed by atoms with Gasteiger partial charge in [-0.3, -0.25) is 0 Å². The van der Waals surface area contributed by atoms with E-state index in [-0.39, 0.29) is 11.8 Å². The molecule has 0 aliphatic rings. The molecule has 3 aromatic carbocycles. The van der Waals surface area contributed by atoms with Crippen LogP contribution in [0.5, 0.6) is 5.75 Å². The van der Waals surface area contributed by atoms with Gasteiger partial charge in [-0.2, -0.15) is 0 Å². The molecule has 116 valence electrons. The maximum Gasteiger partial charge on any atom is 0.321 e. The molecule has 4 nitrogen and oxygen atoms in total. The molecule has 2 N–H and O–H groups in total. The fourth-order valence-electron chi connectivity index (χ4n) is 2.51. The normalized spacial score (nSPS) is 10.5. The van der Waals surface area contributed by atoms with Crippen LogP contribution >= 0.6 is 0 Å². The van der Waals surface area contributed by atoms with Crippen molar-refractivity contribution in [1.29, 1.82) is 0 Å². The van der Waals surface area contributed by atoms with Gasteiger partial charge in [-0.15, -0.1) is 0 Å². The molecule has 23 heavy (non-hydrogen) atoms. The molecule has 0 atom stereocenters. The highest BCUT2D eigenvalue weighted by Gasteiger charge is 2.11. The van der Waals surface area contributed by atoms with Crippen LogP contribution in [-0.4, -0.2) is 23.1 Å². The Bertz CT molecular complexity index is 831. The number of fused-ring (bicyclic) bond motifs is 1. The van der Waals surface area contributed by atoms with Gasteiger partial charge < -0.3 is 15.3 Å². The summed E-state index contributed by atoms with van der Waals surface area (Å²) in [4.78, 5) is 14.0. The third-order valence-corrected chi connectivity index (χ3v) is 3.72. The maximum absolute atomic E-state index is 12.4. The van der Waals surface area contributed by atoms with E-state index in [4.69, 9.17) is 0 Å². The predicted octanol–water partition coefficient (Wildman–Crippen LogP) is 4.21. The Morgan fingerprint density at radius 3 is 2.61 bits per heavy atom. The van der Waals surface area contributed by atoms with Crippen molar-refractivity contribution in [2.75, 3.05) is 12.4 Å². The van der Waals surface area contributed by atoms with Crippen molar-refractivity contribution in [3.05, 3.63) is 72.3 Å². The van der Waals surface area contributed by atoms with E-state index in [1.807, 2.05) is 54.6 Å². The molecule has 0 spiro atoms. The molecule has 2 amide bonds. The molecule has 3 rings (SSSR count).